The van der Waals surface area contributed by atoms with Crippen LogP contribution in [0.2, 0.25) is 0 Å². The normalized spacial score (nSPS) is 13.6. The SMILES string of the molecule is CSCCCNC(=O)c1cnn(-c2nccc(-c3cc(C)sc3C)n2)c1C1CC1. The lowest BCUT2D eigenvalue weighted by molar-refractivity contribution is 0.0952. The summed E-state index contributed by atoms with van der Waals surface area (Å²) in [5, 5.41) is 7.53. The number of carbonyl (C=O) groups excluding carboxylic acids is 1. The number of aromatic nitrogens is 4. The van der Waals surface area contributed by atoms with E-state index in [1.807, 2.05) is 6.07 Å². The maximum absolute atomic E-state index is 12.7. The van der Waals surface area contributed by atoms with Gasteiger partial charge in [0.05, 0.1) is 23.1 Å². The lowest BCUT2D eigenvalue weighted by Crippen LogP contribution is -2.25. The molecule has 1 aliphatic carbocycles. The highest BCUT2D eigenvalue weighted by Crippen LogP contribution is 2.42. The quantitative estimate of drug-likeness (QED) is 0.541. The first-order valence-electron chi connectivity index (χ1n) is 9.84. The Morgan fingerprint density at radius 1 is 1.38 bits per heavy atom. The Bertz CT molecular complexity index is 1020. The van der Waals surface area contributed by atoms with Crippen molar-refractivity contribution in [2.75, 3.05) is 18.6 Å². The molecule has 1 saturated carbocycles. The summed E-state index contributed by atoms with van der Waals surface area (Å²) >= 11 is 3.55. The molecule has 0 atom stereocenters. The van der Waals surface area contributed by atoms with E-state index in [0.29, 0.717) is 24.0 Å². The Balaban J connectivity index is 1.64. The predicted molar refractivity (Wildman–Crippen MR) is 119 cm³/mol. The summed E-state index contributed by atoms with van der Waals surface area (Å²) in [5.41, 5.74) is 3.59. The number of nitrogens with zero attached hydrogens (tertiary/aromatic N) is 4. The first kappa shape index (κ1) is 20.1. The number of nitrogens with one attached hydrogen (secondary N) is 1. The van der Waals surface area contributed by atoms with Crippen LogP contribution in [0.15, 0.2) is 24.5 Å². The summed E-state index contributed by atoms with van der Waals surface area (Å²) in [7, 11) is 0. The molecule has 0 saturated heterocycles. The van der Waals surface area contributed by atoms with Gasteiger partial charge in [-0.3, -0.25) is 4.79 Å². The number of amides is 1. The Hall–Kier alpha value is -2.19. The zero-order valence-corrected chi connectivity index (χ0v) is 18.6. The molecule has 152 valence electrons. The second-order valence-corrected chi connectivity index (χ2v) is 9.75. The van der Waals surface area contributed by atoms with Gasteiger partial charge in [0.1, 0.15) is 0 Å². The van der Waals surface area contributed by atoms with Crippen LogP contribution < -0.4 is 5.32 Å². The van der Waals surface area contributed by atoms with E-state index in [-0.39, 0.29) is 5.91 Å². The Labute approximate surface area is 179 Å². The summed E-state index contributed by atoms with van der Waals surface area (Å²) in [6.07, 6.45) is 8.61. The van der Waals surface area contributed by atoms with Crippen molar-refractivity contribution in [3.05, 3.63) is 45.5 Å². The number of thiophene rings is 1. The van der Waals surface area contributed by atoms with E-state index in [1.54, 1.807) is 40.2 Å². The van der Waals surface area contributed by atoms with Crippen molar-refractivity contribution in [2.24, 2.45) is 0 Å². The van der Waals surface area contributed by atoms with Gasteiger partial charge in [0.2, 0.25) is 0 Å². The van der Waals surface area contributed by atoms with E-state index in [0.717, 1.165) is 42.0 Å². The summed E-state index contributed by atoms with van der Waals surface area (Å²) in [6, 6.07) is 4.09. The van der Waals surface area contributed by atoms with E-state index in [1.165, 1.54) is 9.75 Å². The summed E-state index contributed by atoms with van der Waals surface area (Å²) in [4.78, 5) is 24.5. The number of thioether (sulfide) groups is 1. The standard InChI is InChI=1S/C21H25N5OS2/c1-13-11-16(14(2)29-13)18-7-9-23-21(25-18)26-19(15-5-6-15)17(12-24-26)20(27)22-8-4-10-28-3/h7,9,11-12,15H,4-6,8,10H2,1-3H3,(H,22,27). The number of rotatable bonds is 8. The predicted octanol–water partition coefficient (Wildman–Crippen LogP) is 4.37. The van der Waals surface area contributed by atoms with Crippen LogP contribution >= 0.6 is 23.1 Å². The highest BCUT2D eigenvalue weighted by Gasteiger charge is 2.33. The molecule has 0 aliphatic heterocycles. The van der Waals surface area contributed by atoms with Crippen LogP contribution in [0.1, 0.15) is 51.0 Å². The fourth-order valence-electron chi connectivity index (χ4n) is 3.44. The van der Waals surface area contributed by atoms with Gasteiger partial charge in [-0.05, 0) is 57.3 Å². The smallest absolute Gasteiger partial charge is 0.254 e. The summed E-state index contributed by atoms with van der Waals surface area (Å²) in [5.74, 6) is 1.85. The minimum Gasteiger partial charge on any atom is -0.352 e. The van der Waals surface area contributed by atoms with Crippen LogP contribution in [0.3, 0.4) is 0 Å². The van der Waals surface area contributed by atoms with Crippen LogP contribution in [-0.4, -0.2) is 44.2 Å². The molecule has 1 N–H and O–H groups in total. The van der Waals surface area contributed by atoms with E-state index >= 15 is 0 Å². The van der Waals surface area contributed by atoms with Crippen molar-refractivity contribution in [1.29, 1.82) is 0 Å². The molecule has 1 fully saturated rings. The molecule has 29 heavy (non-hydrogen) atoms. The Kier molecular flexibility index (Phi) is 6.01. The third kappa shape index (κ3) is 4.38. The fraction of sp³-hybridized carbons (Fsp3) is 0.429. The maximum atomic E-state index is 12.7. The van der Waals surface area contributed by atoms with Gasteiger partial charge in [0, 0.05) is 34.0 Å². The molecule has 0 aromatic carbocycles. The monoisotopic (exact) mass is 427 g/mol. The topological polar surface area (TPSA) is 72.7 Å². The van der Waals surface area contributed by atoms with E-state index in [4.69, 9.17) is 4.98 Å². The minimum atomic E-state index is -0.0558. The van der Waals surface area contributed by atoms with E-state index < -0.39 is 0 Å². The van der Waals surface area contributed by atoms with Gasteiger partial charge in [-0.1, -0.05) is 0 Å². The van der Waals surface area contributed by atoms with Crippen LogP contribution in [0.25, 0.3) is 17.2 Å². The molecular weight excluding hydrogens is 402 g/mol. The van der Waals surface area contributed by atoms with Gasteiger partial charge in [-0.15, -0.1) is 11.3 Å². The van der Waals surface area contributed by atoms with Crippen LogP contribution in [0.4, 0.5) is 0 Å². The van der Waals surface area contributed by atoms with Crippen molar-refractivity contribution in [3.63, 3.8) is 0 Å². The number of hydrogen-bond acceptors (Lipinski definition) is 6. The van der Waals surface area contributed by atoms with Gasteiger partial charge in [-0.2, -0.15) is 16.9 Å². The van der Waals surface area contributed by atoms with E-state index in [9.17, 15) is 4.79 Å². The van der Waals surface area contributed by atoms with Crippen molar-refractivity contribution in [3.8, 4) is 17.2 Å². The van der Waals surface area contributed by atoms with Gasteiger partial charge < -0.3 is 5.32 Å². The third-order valence-corrected chi connectivity index (χ3v) is 6.64. The molecule has 1 aliphatic rings. The average Bonchev–Trinajstić information content (AvgIpc) is 3.36. The highest BCUT2D eigenvalue weighted by atomic mass is 32.2. The van der Waals surface area contributed by atoms with Crippen molar-refractivity contribution in [2.45, 2.75) is 39.0 Å². The third-order valence-electron chi connectivity index (χ3n) is 4.98. The van der Waals surface area contributed by atoms with E-state index in [2.05, 4.69) is 41.6 Å². The molecule has 0 spiro atoms. The molecule has 3 aromatic rings. The highest BCUT2D eigenvalue weighted by molar-refractivity contribution is 7.98. The Morgan fingerprint density at radius 3 is 2.90 bits per heavy atom. The molecule has 3 heterocycles. The van der Waals surface area contributed by atoms with Gasteiger partial charge in [-0.25, -0.2) is 14.6 Å². The lowest BCUT2D eigenvalue weighted by Gasteiger charge is -2.09. The van der Waals surface area contributed by atoms with Crippen LogP contribution in [0, 0.1) is 13.8 Å². The number of hydrogen-bond donors (Lipinski definition) is 1. The van der Waals surface area contributed by atoms with Crippen molar-refractivity contribution in [1.82, 2.24) is 25.1 Å². The summed E-state index contributed by atoms with van der Waals surface area (Å²) < 4.78 is 1.76. The molecule has 0 unspecified atom stereocenters. The molecule has 8 heteroatoms. The minimum absolute atomic E-state index is 0.0558. The van der Waals surface area contributed by atoms with Crippen LogP contribution in [0.5, 0.6) is 0 Å². The van der Waals surface area contributed by atoms with Gasteiger partial charge in [0.15, 0.2) is 0 Å². The molecule has 0 bridgehead atoms. The second-order valence-electron chi connectivity index (χ2n) is 7.30. The Morgan fingerprint density at radius 2 is 2.21 bits per heavy atom. The van der Waals surface area contributed by atoms with Crippen molar-refractivity contribution < 1.29 is 4.79 Å². The first-order valence-corrected chi connectivity index (χ1v) is 12.1. The molecule has 4 rings (SSSR count). The zero-order valence-electron chi connectivity index (χ0n) is 16.9. The van der Waals surface area contributed by atoms with Gasteiger partial charge in [0.25, 0.3) is 11.9 Å². The lowest BCUT2D eigenvalue weighted by atomic mass is 10.1. The number of carbonyl (C=O) groups is 1. The van der Waals surface area contributed by atoms with Crippen LogP contribution in [-0.2, 0) is 0 Å². The second kappa shape index (κ2) is 8.67. The fourth-order valence-corrected chi connectivity index (χ4v) is 4.81. The first-order chi connectivity index (χ1) is 14.1. The molecular formula is C21H25N5OS2. The molecule has 0 radical (unpaired) electrons. The van der Waals surface area contributed by atoms with Gasteiger partial charge >= 0.3 is 0 Å². The van der Waals surface area contributed by atoms with Crippen molar-refractivity contribution >= 4 is 29.0 Å². The molecule has 6 nitrogen and oxygen atoms in total. The molecule has 1 amide bonds. The largest absolute Gasteiger partial charge is 0.352 e. The summed E-state index contributed by atoms with van der Waals surface area (Å²) in [6.45, 7) is 4.89. The average molecular weight is 428 g/mol. The maximum Gasteiger partial charge on any atom is 0.254 e. The zero-order chi connectivity index (χ0) is 20.4. The number of aryl methyl sites for hydroxylation is 2. The molecule has 3 aromatic heterocycles.